The molecule has 0 aromatic heterocycles. The van der Waals surface area contributed by atoms with Gasteiger partial charge in [0.2, 0.25) is 5.91 Å². The van der Waals surface area contributed by atoms with E-state index in [9.17, 15) is 4.79 Å². The first kappa shape index (κ1) is 24.6. The first-order chi connectivity index (χ1) is 16.2. The van der Waals surface area contributed by atoms with Gasteiger partial charge in [0, 0.05) is 39.9 Å². The number of carbonyl (C=O) groups excluding carboxylic acids is 1. The second-order valence-electron chi connectivity index (χ2n) is 10.1. The van der Waals surface area contributed by atoms with Crippen molar-refractivity contribution >= 4 is 5.91 Å². The van der Waals surface area contributed by atoms with E-state index in [1.165, 1.54) is 50.0 Å². The van der Waals surface area contributed by atoms with Gasteiger partial charge in [0.25, 0.3) is 0 Å². The van der Waals surface area contributed by atoms with Crippen molar-refractivity contribution in [3.8, 4) is 0 Å². The van der Waals surface area contributed by atoms with Crippen molar-refractivity contribution in [1.29, 1.82) is 0 Å². The Balaban J connectivity index is 1.12. The van der Waals surface area contributed by atoms with Gasteiger partial charge < -0.3 is 24.0 Å². The lowest BCUT2D eigenvalue weighted by Gasteiger charge is -2.26. The smallest absolute Gasteiger partial charge is 0.225 e. The number of nitrogens with zero attached hydrogens (tertiary/aromatic N) is 2. The van der Waals surface area contributed by atoms with Crippen LogP contribution in [0.15, 0.2) is 24.3 Å². The number of ether oxygens (including phenoxy) is 3. The molecule has 1 saturated heterocycles. The third kappa shape index (κ3) is 7.25. The molecule has 6 heteroatoms. The molecule has 3 fully saturated rings. The van der Waals surface area contributed by atoms with Crippen LogP contribution >= 0.6 is 0 Å². The van der Waals surface area contributed by atoms with Crippen molar-refractivity contribution in [2.45, 2.75) is 63.7 Å². The topological polar surface area (TPSA) is 51.2 Å². The molecule has 4 rings (SSSR count). The predicted octanol–water partition coefficient (Wildman–Crippen LogP) is 3.52. The summed E-state index contributed by atoms with van der Waals surface area (Å²) in [5, 5.41) is 0. The highest BCUT2D eigenvalue weighted by atomic mass is 16.7. The van der Waals surface area contributed by atoms with E-state index in [1.54, 1.807) is 14.2 Å². The minimum absolute atomic E-state index is 0.129. The Hall–Kier alpha value is -1.47. The Morgan fingerprint density at radius 1 is 1.03 bits per heavy atom. The lowest BCUT2D eigenvalue weighted by atomic mass is 10.0. The number of hydrogen-bond donors (Lipinski definition) is 0. The number of methoxy groups -OCH3 is 2. The summed E-state index contributed by atoms with van der Waals surface area (Å²) in [7, 11) is 3.22. The third-order valence-corrected chi connectivity index (χ3v) is 7.68. The average molecular weight is 459 g/mol. The van der Waals surface area contributed by atoms with Crippen LogP contribution in [0, 0.1) is 11.8 Å². The highest BCUT2D eigenvalue weighted by Gasteiger charge is 2.35. The number of benzene rings is 1. The van der Waals surface area contributed by atoms with Crippen molar-refractivity contribution in [2.75, 3.05) is 53.6 Å². The van der Waals surface area contributed by atoms with Gasteiger partial charge in [0.05, 0.1) is 26.2 Å². The maximum absolute atomic E-state index is 12.6. The molecule has 1 aromatic rings. The van der Waals surface area contributed by atoms with Crippen LogP contribution in [0.5, 0.6) is 0 Å². The molecule has 6 nitrogen and oxygen atoms in total. The molecule has 184 valence electrons. The Morgan fingerprint density at radius 3 is 2.39 bits per heavy atom. The monoisotopic (exact) mass is 458 g/mol. The fourth-order valence-corrected chi connectivity index (χ4v) is 5.58. The zero-order chi connectivity index (χ0) is 23.0. The number of hydrogen-bond acceptors (Lipinski definition) is 5. The summed E-state index contributed by atoms with van der Waals surface area (Å²) in [5.41, 5.74) is 2.74. The quantitative estimate of drug-likeness (QED) is 0.315. The number of carbonyl (C=O) groups is 1. The zero-order valence-corrected chi connectivity index (χ0v) is 20.5. The van der Waals surface area contributed by atoms with E-state index in [1.807, 2.05) is 4.90 Å². The maximum atomic E-state index is 12.6. The van der Waals surface area contributed by atoms with Gasteiger partial charge >= 0.3 is 0 Å². The SMILES string of the molecule is COC(CN(C(=O)CCOCCc1cccc(CCN2CC3CCCC3C2)c1)C1CC1)OC. The molecule has 2 aliphatic carbocycles. The van der Waals surface area contributed by atoms with E-state index in [-0.39, 0.29) is 12.2 Å². The largest absolute Gasteiger partial charge is 0.381 e. The van der Waals surface area contributed by atoms with Crippen LogP contribution in [0.2, 0.25) is 0 Å². The van der Waals surface area contributed by atoms with Crippen molar-refractivity contribution in [2.24, 2.45) is 11.8 Å². The molecule has 1 heterocycles. The van der Waals surface area contributed by atoms with Crippen LogP contribution in [0.3, 0.4) is 0 Å². The van der Waals surface area contributed by atoms with E-state index in [0.717, 1.165) is 37.5 Å². The Morgan fingerprint density at radius 2 is 1.73 bits per heavy atom. The second-order valence-corrected chi connectivity index (χ2v) is 10.1. The van der Waals surface area contributed by atoms with E-state index in [0.29, 0.717) is 32.2 Å². The van der Waals surface area contributed by atoms with Crippen LogP contribution in [0.1, 0.15) is 49.7 Å². The van der Waals surface area contributed by atoms with Crippen molar-refractivity contribution in [3.05, 3.63) is 35.4 Å². The maximum Gasteiger partial charge on any atom is 0.225 e. The van der Waals surface area contributed by atoms with Gasteiger partial charge in [-0.05, 0) is 61.5 Å². The summed E-state index contributed by atoms with van der Waals surface area (Å²) in [6, 6.07) is 9.27. The summed E-state index contributed by atoms with van der Waals surface area (Å²) in [6.45, 7) is 5.40. The summed E-state index contributed by atoms with van der Waals surface area (Å²) >= 11 is 0. The first-order valence-electron chi connectivity index (χ1n) is 12.9. The number of rotatable bonds is 14. The Labute approximate surface area is 199 Å². The lowest BCUT2D eigenvalue weighted by molar-refractivity contribution is -0.147. The van der Waals surface area contributed by atoms with Crippen molar-refractivity contribution < 1.29 is 19.0 Å². The van der Waals surface area contributed by atoms with E-state index < -0.39 is 0 Å². The molecule has 0 N–H and O–H groups in total. The fraction of sp³-hybridized carbons (Fsp3) is 0.741. The average Bonchev–Trinajstić information content (AvgIpc) is 3.44. The molecule has 1 aliphatic heterocycles. The number of amides is 1. The van der Waals surface area contributed by atoms with E-state index in [2.05, 4.69) is 29.2 Å². The molecule has 2 saturated carbocycles. The first-order valence-corrected chi connectivity index (χ1v) is 12.9. The molecule has 0 radical (unpaired) electrons. The zero-order valence-electron chi connectivity index (χ0n) is 20.5. The molecule has 2 atom stereocenters. The van der Waals surface area contributed by atoms with Gasteiger partial charge in [0.1, 0.15) is 0 Å². The summed E-state index contributed by atoms with van der Waals surface area (Å²) in [4.78, 5) is 17.2. The Kier molecular flexibility index (Phi) is 9.18. The minimum Gasteiger partial charge on any atom is -0.381 e. The van der Waals surface area contributed by atoms with Gasteiger partial charge in [0.15, 0.2) is 6.29 Å². The van der Waals surface area contributed by atoms with Crippen LogP contribution in [-0.4, -0.2) is 81.7 Å². The fourth-order valence-electron chi connectivity index (χ4n) is 5.58. The normalized spacial score (nSPS) is 22.8. The lowest BCUT2D eigenvalue weighted by Crippen LogP contribution is -2.40. The highest BCUT2D eigenvalue weighted by Crippen LogP contribution is 2.37. The second kappa shape index (κ2) is 12.3. The molecule has 0 bridgehead atoms. The van der Waals surface area contributed by atoms with Gasteiger partial charge in [-0.1, -0.05) is 30.7 Å². The Bertz CT molecular complexity index is 737. The van der Waals surface area contributed by atoms with Gasteiger partial charge in [-0.2, -0.15) is 0 Å². The van der Waals surface area contributed by atoms with Gasteiger partial charge in [-0.15, -0.1) is 0 Å². The number of fused-ring (bicyclic) bond motifs is 1. The van der Waals surface area contributed by atoms with E-state index >= 15 is 0 Å². The standard InChI is InChI=1S/C27H42N2O4/c1-31-27(32-2)20-29(25-9-10-25)26(30)13-16-33-15-12-22-6-3-5-21(17-22)11-14-28-18-23-7-4-8-24(23)19-28/h3,5-6,17,23-25,27H,4,7-16,18-20H2,1-2H3. The number of likely N-dealkylation sites (tertiary alicyclic amines) is 1. The molecular weight excluding hydrogens is 416 g/mol. The molecule has 0 spiro atoms. The van der Waals surface area contributed by atoms with Crippen LogP contribution in [-0.2, 0) is 31.8 Å². The van der Waals surface area contributed by atoms with Crippen LogP contribution < -0.4 is 0 Å². The van der Waals surface area contributed by atoms with Crippen molar-refractivity contribution in [1.82, 2.24) is 9.80 Å². The summed E-state index contributed by atoms with van der Waals surface area (Å²) in [5.74, 6) is 2.07. The summed E-state index contributed by atoms with van der Waals surface area (Å²) in [6.07, 6.45) is 8.54. The molecule has 3 aliphatic rings. The third-order valence-electron chi connectivity index (χ3n) is 7.68. The van der Waals surface area contributed by atoms with Crippen molar-refractivity contribution in [3.63, 3.8) is 0 Å². The summed E-state index contributed by atoms with van der Waals surface area (Å²) < 4.78 is 16.4. The van der Waals surface area contributed by atoms with Gasteiger partial charge in [-0.25, -0.2) is 0 Å². The van der Waals surface area contributed by atoms with Crippen LogP contribution in [0.4, 0.5) is 0 Å². The molecule has 1 aromatic carbocycles. The van der Waals surface area contributed by atoms with Gasteiger partial charge in [-0.3, -0.25) is 4.79 Å². The minimum atomic E-state index is -0.368. The molecule has 33 heavy (non-hydrogen) atoms. The molecular formula is C27H42N2O4. The predicted molar refractivity (Wildman–Crippen MR) is 129 cm³/mol. The molecule has 1 amide bonds. The van der Waals surface area contributed by atoms with Crippen LogP contribution in [0.25, 0.3) is 0 Å². The molecule has 2 unspecified atom stereocenters. The van der Waals surface area contributed by atoms with E-state index in [4.69, 9.17) is 14.2 Å². The highest BCUT2D eigenvalue weighted by molar-refractivity contribution is 5.77.